The SMILES string of the molecule is CCC(=O)NCC1CCCN(C(=O)Nc2cc(Cl)ccc2C(=O)OC)C1. The molecule has 1 unspecified atom stereocenters. The highest BCUT2D eigenvalue weighted by Gasteiger charge is 2.25. The Morgan fingerprint density at radius 1 is 1.35 bits per heavy atom. The molecule has 0 aliphatic carbocycles. The van der Waals surface area contributed by atoms with Crippen LogP contribution in [0.2, 0.25) is 5.02 Å². The van der Waals surface area contributed by atoms with Crippen molar-refractivity contribution >= 4 is 35.2 Å². The third-order valence-electron chi connectivity index (χ3n) is 4.34. The Labute approximate surface area is 158 Å². The van der Waals surface area contributed by atoms with Gasteiger partial charge in [-0.3, -0.25) is 4.79 Å². The van der Waals surface area contributed by atoms with Gasteiger partial charge in [-0.15, -0.1) is 0 Å². The zero-order valence-corrected chi connectivity index (χ0v) is 15.8. The van der Waals surface area contributed by atoms with Gasteiger partial charge in [0.15, 0.2) is 0 Å². The number of rotatable bonds is 5. The van der Waals surface area contributed by atoms with Crippen molar-refractivity contribution < 1.29 is 19.1 Å². The maximum atomic E-state index is 12.6. The number of nitrogens with zero attached hydrogens (tertiary/aromatic N) is 1. The number of esters is 1. The molecule has 7 nitrogen and oxygen atoms in total. The Bertz CT molecular complexity index is 680. The third kappa shape index (κ3) is 5.36. The van der Waals surface area contributed by atoms with E-state index in [2.05, 4.69) is 10.6 Å². The maximum Gasteiger partial charge on any atom is 0.339 e. The summed E-state index contributed by atoms with van der Waals surface area (Å²) in [6.07, 6.45) is 2.26. The van der Waals surface area contributed by atoms with Crippen molar-refractivity contribution in [2.45, 2.75) is 26.2 Å². The number of ether oxygens (including phenoxy) is 1. The van der Waals surface area contributed by atoms with E-state index in [4.69, 9.17) is 16.3 Å². The molecule has 1 saturated heterocycles. The molecule has 0 bridgehead atoms. The van der Waals surface area contributed by atoms with Crippen molar-refractivity contribution in [3.63, 3.8) is 0 Å². The first-order valence-electron chi connectivity index (χ1n) is 8.65. The van der Waals surface area contributed by atoms with E-state index < -0.39 is 5.97 Å². The summed E-state index contributed by atoms with van der Waals surface area (Å²) in [5.74, 6) is -0.326. The molecule has 1 aromatic rings. The molecule has 2 rings (SSSR count). The van der Waals surface area contributed by atoms with Gasteiger partial charge in [0.1, 0.15) is 0 Å². The van der Waals surface area contributed by atoms with Crippen molar-refractivity contribution in [2.75, 3.05) is 32.1 Å². The van der Waals surface area contributed by atoms with Gasteiger partial charge >= 0.3 is 12.0 Å². The molecule has 3 amide bonds. The molecule has 142 valence electrons. The highest BCUT2D eigenvalue weighted by molar-refractivity contribution is 6.31. The van der Waals surface area contributed by atoms with Gasteiger partial charge in [0.2, 0.25) is 5.91 Å². The number of carbonyl (C=O) groups is 3. The van der Waals surface area contributed by atoms with E-state index in [1.807, 2.05) is 0 Å². The van der Waals surface area contributed by atoms with Crippen molar-refractivity contribution in [3.8, 4) is 0 Å². The van der Waals surface area contributed by atoms with Crippen LogP contribution >= 0.6 is 11.6 Å². The molecule has 1 aliphatic rings. The summed E-state index contributed by atoms with van der Waals surface area (Å²) in [6.45, 7) is 3.53. The van der Waals surface area contributed by atoms with Gasteiger partial charge in [0, 0.05) is 31.1 Å². The number of nitrogens with one attached hydrogen (secondary N) is 2. The molecule has 0 radical (unpaired) electrons. The van der Waals surface area contributed by atoms with Crippen LogP contribution in [0.15, 0.2) is 18.2 Å². The van der Waals surface area contributed by atoms with Crippen LogP contribution in [0.5, 0.6) is 0 Å². The Morgan fingerprint density at radius 3 is 2.81 bits per heavy atom. The van der Waals surface area contributed by atoms with Gasteiger partial charge in [-0.2, -0.15) is 0 Å². The standard InChI is InChI=1S/C18H24ClN3O4/c1-3-16(23)20-10-12-5-4-8-22(11-12)18(25)21-15-9-13(19)6-7-14(15)17(24)26-2/h6-7,9,12H,3-5,8,10-11H2,1-2H3,(H,20,23)(H,21,25). The minimum atomic E-state index is -0.546. The molecule has 0 aromatic heterocycles. The van der Waals surface area contributed by atoms with E-state index in [0.29, 0.717) is 36.8 Å². The fourth-order valence-electron chi connectivity index (χ4n) is 2.90. The highest BCUT2D eigenvalue weighted by atomic mass is 35.5. The van der Waals surface area contributed by atoms with Crippen molar-refractivity contribution in [1.29, 1.82) is 0 Å². The second kappa shape index (κ2) is 9.43. The molecule has 0 saturated carbocycles. The number of hydrogen-bond acceptors (Lipinski definition) is 4. The van der Waals surface area contributed by atoms with Crippen LogP contribution < -0.4 is 10.6 Å². The second-order valence-corrected chi connectivity index (χ2v) is 6.66. The van der Waals surface area contributed by atoms with Crippen molar-refractivity contribution in [3.05, 3.63) is 28.8 Å². The number of carbonyl (C=O) groups excluding carboxylic acids is 3. The monoisotopic (exact) mass is 381 g/mol. The number of halogens is 1. The van der Waals surface area contributed by atoms with E-state index in [-0.39, 0.29) is 23.4 Å². The fourth-order valence-corrected chi connectivity index (χ4v) is 3.07. The summed E-state index contributed by atoms with van der Waals surface area (Å²) in [4.78, 5) is 37.6. The van der Waals surface area contributed by atoms with Crippen LogP contribution in [-0.4, -0.2) is 49.6 Å². The smallest absolute Gasteiger partial charge is 0.339 e. The van der Waals surface area contributed by atoms with Crippen molar-refractivity contribution in [2.24, 2.45) is 5.92 Å². The van der Waals surface area contributed by atoms with Crippen LogP contribution in [0.1, 0.15) is 36.5 Å². The summed E-state index contributed by atoms with van der Waals surface area (Å²) in [7, 11) is 1.28. The second-order valence-electron chi connectivity index (χ2n) is 6.22. The largest absolute Gasteiger partial charge is 0.465 e. The minimum Gasteiger partial charge on any atom is -0.465 e. The molecule has 26 heavy (non-hydrogen) atoms. The zero-order chi connectivity index (χ0) is 19.1. The molecule has 8 heteroatoms. The number of hydrogen-bond donors (Lipinski definition) is 2. The number of likely N-dealkylation sites (tertiary alicyclic amines) is 1. The summed E-state index contributed by atoms with van der Waals surface area (Å²) >= 11 is 5.98. The number of benzene rings is 1. The highest BCUT2D eigenvalue weighted by Crippen LogP contribution is 2.23. The first kappa shape index (κ1) is 20.0. The molecule has 1 atom stereocenters. The average Bonchev–Trinajstić information content (AvgIpc) is 2.65. The van der Waals surface area contributed by atoms with E-state index >= 15 is 0 Å². The Morgan fingerprint density at radius 2 is 2.12 bits per heavy atom. The van der Waals surface area contributed by atoms with E-state index in [0.717, 1.165) is 12.8 Å². The topological polar surface area (TPSA) is 87.7 Å². The molecule has 1 heterocycles. The zero-order valence-electron chi connectivity index (χ0n) is 15.0. The Hall–Kier alpha value is -2.28. The minimum absolute atomic E-state index is 0.00761. The molecule has 1 aromatic carbocycles. The third-order valence-corrected chi connectivity index (χ3v) is 4.58. The number of methoxy groups -OCH3 is 1. The summed E-state index contributed by atoms with van der Waals surface area (Å²) in [6, 6.07) is 4.30. The predicted molar refractivity (Wildman–Crippen MR) is 99.4 cm³/mol. The molecule has 1 fully saturated rings. The number of amides is 3. The predicted octanol–water partition coefficient (Wildman–Crippen LogP) is 2.90. The molecular weight excluding hydrogens is 358 g/mol. The van der Waals surface area contributed by atoms with E-state index in [1.54, 1.807) is 17.9 Å². The normalized spacial score (nSPS) is 16.7. The summed E-state index contributed by atoms with van der Waals surface area (Å²) in [5.41, 5.74) is 0.560. The number of anilines is 1. The van der Waals surface area contributed by atoms with Gasteiger partial charge in [-0.25, -0.2) is 9.59 Å². The first-order chi connectivity index (χ1) is 12.4. The molecule has 1 aliphatic heterocycles. The molecule has 0 spiro atoms. The van der Waals surface area contributed by atoms with Crippen LogP contribution in [0, 0.1) is 5.92 Å². The lowest BCUT2D eigenvalue weighted by atomic mass is 9.98. The number of piperidine rings is 1. The van der Waals surface area contributed by atoms with Crippen LogP contribution in [-0.2, 0) is 9.53 Å². The fraction of sp³-hybridized carbons (Fsp3) is 0.500. The Kier molecular flexibility index (Phi) is 7.26. The first-order valence-corrected chi connectivity index (χ1v) is 9.02. The van der Waals surface area contributed by atoms with Gasteiger partial charge < -0.3 is 20.3 Å². The van der Waals surface area contributed by atoms with E-state index in [9.17, 15) is 14.4 Å². The van der Waals surface area contributed by atoms with Gasteiger partial charge in [0.25, 0.3) is 0 Å². The lowest BCUT2D eigenvalue weighted by Gasteiger charge is -2.33. The number of urea groups is 1. The van der Waals surface area contributed by atoms with Gasteiger partial charge in [0.05, 0.1) is 18.4 Å². The Balaban J connectivity index is 2.02. The van der Waals surface area contributed by atoms with Gasteiger partial charge in [-0.1, -0.05) is 18.5 Å². The maximum absolute atomic E-state index is 12.6. The van der Waals surface area contributed by atoms with Crippen LogP contribution in [0.4, 0.5) is 10.5 Å². The average molecular weight is 382 g/mol. The van der Waals surface area contributed by atoms with Crippen LogP contribution in [0.3, 0.4) is 0 Å². The lowest BCUT2D eigenvalue weighted by molar-refractivity contribution is -0.121. The summed E-state index contributed by atoms with van der Waals surface area (Å²) in [5, 5.41) is 6.03. The van der Waals surface area contributed by atoms with Gasteiger partial charge in [-0.05, 0) is 37.0 Å². The molecular formula is C18H24ClN3O4. The van der Waals surface area contributed by atoms with Crippen molar-refractivity contribution in [1.82, 2.24) is 10.2 Å². The van der Waals surface area contributed by atoms with Crippen LogP contribution in [0.25, 0.3) is 0 Å². The lowest BCUT2D eigenvalue weighted by Crippen LogP contribution is -2.45. The van der Waals surface area contributed by atoms with E-state index in [1.165, 1.54) is 19.2 Å². The quantitative estimate of drug-likeness (QED) is 0.767. The summed E-state index contributed by atoms with van der Waals surface area (Å²) < 4.78 is 4.74. The molecule has 2 N–H and O–H groups in total.